The molecule has 5 heteroatoms. The van der Waals surface area contributed by atoms with Gasteiger partial charge in [-0.1, -0.05) is 19.3 Å². The Morgan fingerprint density at radius 3 is 2.35 bits per heavy atom. The van der Waals surface area contributed by atoms with E-state index in [4.69, 9.17) is 0 Å². The third-order valence-electron chi connectivity index (χ3n) is 4.20. The van der Waals surface area contributed by atoms with E-state index in [1.807, 2.05) is 0 Å². The Hall–Kier alpha value is -0.130. The Morgan fingerprint density at radius 1 is 1.18 bits per heavy atom. The molecule has 0 amide bonds. The molecular weight excluding hydrogens is 238 g/mol. The molecule has 17 heavy (non-hydrogen) atoms. The molecule has 0 aromatic carbocycles. The minimum Gasteiger partial charge on any atom is -0.393 e. The van der Waals surface area contributed by atoms with Crippen molar-refractivity contribution in [1.29, 1.82) is 0 Å². The molecule has 0 spiro atoms. The number of sulfonamides is 1. The zero-order valence-corrected chi connectivity index (χ0v) is 11.3. The van der Waals surface area contributed by atoms with Gasteiger partial charge in [0.25, 0.3) is 0 Å². The highest BCUT2D eigenvalue weighted by atomic mass is 32.2. The summed E-state index contributed by atoms with van der Waals surface area (Å²) in [6.07, 6.45) is 5.28. The lowest BCUT2D eigenvalue weighted by Crippen LogP contribution is -2.38. The van der Waals surface area contributed by atoms with Crippen LogP contribution in [0.2, 0.25) is 0 Å². The van der Waals surface area contributed by atoms with Crippen LogP contribution < -0.4 is 0 Å². The Kier molecular flexibility index (Phi) is 4.10. The van der Waals surface area contributed by atoms with Gasteiger partial charge in [-0.25, -0.2) is 12.7 Å². The van der Waals surface area contributed by atoms with Crippen molar-refractivity contribution in [3.05, 3.63) is 0 Å². The van der Waals surface area contributed by atoms with E-state index >= 15 is 0 Å². The van der Waals surface area contributed by atoms with E-state index in [1.165, 1.54) is 6.42 Å². The molecule has 0 aromatic heterocycles. The quantitative estimate of drug-likeness (QED) is 0.834. The van der Waals surface area contributed by atoms with E-state index in [2.05, 4.69) is 0 Å². The summed E-state index contributed by atoms with van der Waals surface area (Å²) in [7, 11) is -3.11. The van der Waals surface area contributed by atoms with Crippen LogP contribution in [0, 0.1) is 5.92 Å². The highest BCUT2D eigenvalue weighted by Crippen LogP contribution is 2.30. The average molecular weight is 261 g/mol. The van der Waals surface area contributed by atoms with E-state index in [1.54, 1.807) is 11.2 Å². The predicted molar refractivity (Wildman–Crippen MR) is 67.2 cm³/mol. The van der Waals surface area contributed by atoms with Crippen molar-refractivity contribution >= 4 is 10.0 Å². The van der Waals surface area contributed by atoms with E-state index in [0.717, 1.165) is 32.1 Å². The number of nitrogens with zero attached hydrogens (tertiary/aromatic N) is 1. The topological polar surface area (TPSA) is 57.6 Å². The number of aliphatic hydroxyl groups excluding tert-OH is 1. The van der Waals surface area contributed by atoms with Crippen LogP contribution >= 0.6 is 0 Å². The van der Waals surface area contributed by atoms with Crippen LogP contribution in [-0.4, -0.2) is 42.3 Å². The summed E-state index contributed by atoms with van der Waals surface area (Å²) in [6, 6.07) is 0. The first-order chi connectivity index (χ1) is 8.01. The smallest absolute Gasteiger partial charge is 0.216 e. The molecule has 0 bridgehead atoms. The van der Waals surface area contributed by atoms with Crippen molar-refractivity contribution in [1.82, 2.24) is 4.31 Å². The largest absolute Gasteiger partial charge is 0.393 e. The molecule has 1 N–H and O–H groups in total. The van der Waals surface area contributed by atoms with Gasteiger partial charge in [0.05, 0.1) is 11.4 Å². The van der Waals surface area contributed by atoms with Crippen LogP contribution in [-0.2, 0) is 10.0 Å². The first-order valence-corrected chi connectivity index (χ1v) is 8.19. The van der Waals surface area contributed by atoms with Crippen molar-refractivity contribution in [2.24, 2.45) is 5.92 Å². The van der Waals surface area contributed by atoms with Crippen LogP contribution in [0.5, 0.6) is 0 Å². The third kappa shape index (κ3) is 2.83. The molecule has 0 aromatic rings. The van der Waals surface area contributed by atoms with Crippen LogP contribution in [0.4, 0.5) is 0 Å². The Balaban J connectivity index is 2.01. The zero-order chi connectivity index (χ0) is 12.5. The monoisotopic (exact) mass is 261 g/mol. The van der Waals surface area contributed by atoms with Gasteiger partial charge in [0.15, 0.2) is 0 Å². The van der Waals surface area contributed by atoms with E-state index in [-0.39, 0.29) is 11.2 Å². The molecule has 2 aliphatic rings. The Labute approximate surface area is 104 Å². The predicted octanol–water partition coefficient (Wildman–Crippen LogP) is 1.35. The lowest BCUT2D eigenvalue weighted by atomic mass is 10.0. The fourth-order valence-corrected chi connectivity index (χ4v) is 5.06. The van der Waals surface area contributed by atoms with Crippen molar-refractivity contribution in [3.8, 4) is 0 Å². The Bertz CT molecular complexity index is 347. The minimum atomic E-state index is -3.11. The molecule has 1 saturated carbocycles. The summed E-state index contributed by atoms with van der Waals surface area (Å²) >= 11 is 0. The third-order valence-corrected chi connectivity index (χ3v) is 6.57. The lowest BCUT2D eigenvalue weighted by Gasteiger charge is -2.27. The molecule has 2 atom stereocenters. The zero-order valence-electron chi connectivity index (χ0n) is 10.5. The van der Waals surface area contributed by atoms with Crippen LogP contribution in [0.1, 0.15) is 45.4 Å². The normalized spacial score (nSPS) is 30.6. The fraction of sp³-hybridized carbons (Fsp3) is 1.00. The van der Waals surface area contributed by atoms with Gasteiger partial charge in [0.2, 0.25) is 10.0 Å². The Morgan fingerprint density at radius 2 is 1.82 bits per heavy atom. The van der Waals surface area contributed by atoms with Crippen molar-refractivity contribution in [2.45, 2.75) is 56.8 Å². The van der Waals surface area contributed by atoms with Crippen LogP contribution in [0.15, 0.2) is 0 Å². The molecule has 1 aliphatic carbocycles. The van der Waals surface area contributed by atoms with Gasteiger partial charge in [0, 0.05) is 13.1 Å². The van der Waals surface area contributed by atoms with E-state index in [0.29, 0.717) is 13.1 Å². The van der Waals surface area contributed by atoms with Gasteiger partial charge in [-0.15, -0.1) is 0 Å². The van der Waals surface area contributed by atoms with Crippen molar-refractivity contribution in [3.63, 3.8) is 0 Å². The maximum Gasteiger partial charge on any atom is 0.216 e. The molecule has 1 saturated heterocycles. The van der Waals surface area contributed by atoms with Gasteiger partial charge >= 0.3 is 0 Å². The summed E-state index contributed by atoms with van der Waals surface area (Å²) in [5.74, 6) is 0.119. The molecule has 1 heterocycles. The maximum absolute atomic E-state index is 12.4. The van der Waals surface area contributed by atoms with Gasteiger partial charge in [-0.2, -0.15) is 0 Å². The SMILES string of the molecule is CC(O)C1CCN(S(=O)(=O)C2CCCCC2)C1. The van der Waals surface area contributed by atoms with E-state index < -0.39 is 16.1 Å². The first kappa shape index (κ1) is 13.3. The molecule has 0 radical (unpaired) electrons. The number of hydrogen-bond acceptors (Lipinski definition) is 3. The van der Waals surface area contributed by atoms with E-state index in [9.17, 15) is 13.5 Å². The molecule has 1 aliphatic heterocycles. The summed E-state index contributed by atoms with van der Waals surface area (Å²) in [6.45, 7) is 2.85. The summed E-state index contributed by atoms with van der Waals surface area (Å²) in [5, 5.41) is 9.36. The van der Waals surface area contributed by atoms with Gasteiger partial charge in [-0.3, -0.25) is 0 Å². The summed E-state index contributed by atoms with van der Waals surface area (Å²) in [4.78, 5) is 0. The summed E-state index contributed by atoms with van der Waals surface area (Å²) < 4.78 is 26.4. The average Bonchev–Trinajstić information content (AvgIpc) is 2.80. The van der Waals surface area contributed by atoms with Crippen LogP contribution in [0.3, 0.4) is 0 Å². The molecule has 100 valence electrons. The first-order valence-electron chi connectivity index (χ1n) is 6.69. The second-order valence-electron chi connectivity index (χ2n) is 5.45. The highest BCUT2D eigenvalue weighted by molar-refractivity contribution is 7.89. The second-order valence-corrected chi connectivity index (χ2v) is 7.67. The maximum atomic E-state index is 12.4. The van der Waals surface area contributed by atoms with Gasteiger partial charge in [0.1, 0.15) is 0 Å². The molecule has 2 fully saturated rings. The molecule has 4 nitrogen and oxygen atoms in total. The second kappa shape index (κ2) is 5.24. The van der Waals surface area contributed by atoms with Crippen molar-refractivity contribution in [2.75, 3.05) is 13.1 Å². The van der Waals surface area contributed by atoms with Gasteiger partial charge in [-0.05, 0) is 32.1 Å². The molecule has 2 unspecified atom stereocenters. The molecular formula is C12H23NO3S. The minimum absolute atomic E-state index is 0.119. The number of hydrogen-bond donors (Lipinski definition) is 1. The van der Waals surface area contributed by atoms with Crippen LogP contribution in [0.25, 0.3) is 0 Å². The summed E-state index contributed by atoms with van der Waals surface area (Å²) in [5.41, 5.74) is 0. The van der Waals surface area contributed by atoms with Gasteiger partial charge < -0.3 is 5.11 Å². The standard InChI is InChI=1S/C12H23NO3S/c1-10(14)11-7-8-13(9-11)17(15,16)12-5-3-2-4-6-12/h10-12,14H,2-9H2,1H3. The molecule has 2 rings (SSSR count). The fourth-order valence-electron chi connectivity index (χ4n) is 2.95. The van der Waals surface area contributed by atoms with Crippen molar-refractivity contribution < 1.29 is 13.5 Å². The highest BCUT2D eigenvalue weighted by Gasteiger charge is 2.38. The lowest BCUT2D eigenvalue weighted by molar-refractivity contribution is 0.132. The number of rotatable bonds is 3. The number of aliphatic hydroxyl groups is 1.